The molecule has 7 heteroatoms. The summed E-state index contributed by atoms with van der Waals surface area (Å²) < 4.78 is 0. The van der Waals surface area contributed by atoms with Gasteiger partial charge in [-0.1, -0.05) is 11.6 Å². The first-order chi connectivity index (χ1) is 12.3. The molecule has 2 heterocycles. The summed E-state index contributed by atoms with van der Waals surface area (Å²) in [5.41, 5.74) is 1.97. The van der Waals surface area contributed by atoms with Gasteiger partial charge in [-0.3, -0.25) is 14.5 Å². The minimum atomic E-state index is -0.861. The van der Waals surface area contributed by atoms with Gasteiger partial charge < -0.3 is 10.2 Å². The zero-order chi connectivity index (χ0) is 18.6. The van der Waals surface area contributed by atoms with Crippen LogP contribution in [0.25, 0.3) is 0 Å². The average molecular weight is 376 g/mol. The lowest BCUT2D eigenvalue weighted by atomic mass is 9.96. The van der Waals surface area contributed by atoms with Crippen LogP contribution in [0.15, 0.2) is 12.1 Å². The van der Waals surface area contributed by atoms with Crippen molar-refractivity contribution in [2.45, 2.75) is 45.1 Å². The topological polar surface area (TPSA) is 69.7 Å². The van der Waals surface area contributed by atoms with Crippen LogP contribution in [0.3, 0.4) is 0 Å². The third-order valence-corrected chi connectivity index (χ3v) is 5.95. The van der Waals surface area contributed by atoms with Gasteiger partial charge in [-0.15, -0.1) is 0 Å². The molecular formula is C19H22ClN3O3. The number of hydrogen-bond acceptors (Lipinski definition) is 3. The fraction of sp³-hybridized carbons (Fsp3) is 0.526. The second-order valence-corrected chi connectivity index (χ2v) is 8.11. The smallest absolute Gasteiger partial charge is 0.323 e. The number of urea groups is 1. The number of anilines is 1. The largest absolute Gasteiger partial charge is 0.325 e. The highest BCUT2D eigenvalue weighted by molar-refractivity contribution is 6.30. The Hall–Kier alpha value is -2.08. The minimum absolute atomic E-state index is 0.180. The summed E-state index contributed by atoms with van der Waals surface area (Å²) in [7, 11) is 0. The van der Waals surface area contributed by atoms with E-state index < -0.39 is 11.6 Å². The lowest BCUT2D eigenvalue weighted by molar-refractivity contribution is -0.134. The highest BCUT2D eigenvalue weighted by Crippen LogP contribution is 2.42. The monoisotopic (exact) mass is 375 g/mol. The van der Waals surface area contributed by atoms with E-state index in [2.05, 4.69) is 5.32 Å². The Morgan fingerprint density at radius 1 is 1.35 bits per heavy atom. The Balaban J connectivity index is 1.57. The van der Waals surface area contributed by atoms with E-state index in [1.165, 1.54) is 0 Å². The van der Waals surface area contributed by atoms with Gasteiger partial charge in [-0.05, 0) is 68.7 Å². The standard InChI is InChI=1S/C19H22ClN3O3/c1-11-8-14(20)9-12-4-3-7-22(16(11)12)15(24)10-23-17(25)19(2,13-5-6-13)21-18(23)26/h8-9,13H,3-7,10H2,1-2H3,(H,21,26). The van der Waals surface area contributed by atoms with Gasteiger partial charge in [0.15, 0.2) is 0 Å². The molecule has 0 radical (unpaired) electrons. The molecule has 4 rings (SSSR count). The van der Waals surface area contributed by atoms with Gasteiger partial charge in [-0.25, -0.2) is 4.79 Å². The third-order valence-electron chi connectivity index (χ3n) is 5.73. The fourth-order valence-corrected chi connectivity index (χ4v) is 4.48. The van der Waals surface area contributed by atoms with Crippen LogP contribution in [0.1, 0.15) is 37.3 Å². The number of fused-ring (bicyclic) bond motifs is 1. The van der Waals surface area contributed by atoms with E-state index >= 15 is 0 Å². The molecule has 1 unspecified atom stereocenters. The van der Waals surface area contributed by atoms with Gasteiger partial charge in [0.1, 0.15) is 12.1 Å². The Morgan fingerprint density at radius 2 is 2.08 bits per heavy atom. The molecule has 6 nitrogen and oxygen atoms in total. The molecule has 1 saturated heterocycles. The molecule has 0 aromatic heterocycles. The molecule has 1 aliphatic carbocycles. The SMILES string of the molecule is Cc1cc(Cl)cc2c1N(C(=O)CN1C(=O)NC(C)(C3CC3)C1=O)CCC2. The molecular weight excluding hydrogens is 354 g/mol. The lowest BCUT2D eigenvalue weighted by Crippen LogP contribution is -2.48. The number of halogens is 1. The Kier molecular flexibility index (Phi) is 3.99. The van der Waals surface area contributed by atoms with Gasteiger partial charge in [0.25, 0.3) is 5.91 Å². The van der Waals surface area contributed by atoms with Gasteiger partial charge in [0.2, 0.25) is 5.91 Å². The van der Waals surface area contributed by atoms with Crippen LogP contribution < -0.4 is 10.2 Å². The van der Waals surface area contributed by atoms with Crippen LogP contribution in [0.4, 0.5) is 10.5 Å². The van der Waals surface area contributed by atoms with E-state index in [1.54, 1.807) is 11.8 Å². The van der Waals surface area contributed by atoms with E-state index in [4.69, 9.17) is 11.6 Å². The summed E-state index contributed by atoms with van der Waals surface area (Å²) in [6, 6.07) is 3.26. The molecule has 3 aliphatic rings. The Morgan fingerprint density at radius 3 is 2.77 bits per heavy atom. The summed E-state index contributed by atoms with van der Waals surface area (Å²) in [6.07, 6.45) is 3.56. The van der Waals surface area contributed by atoms with Gasteiger partial charge in [-0.2, -0.15) is 0 Å². The predicted octanol–water partition coefficient (Wildman–Crippen LogP) is 2.65. The Labute approximate surface area is 157 Å². The molecule has 1 atom stereocenters. The van der Waals surface area contributed by atoms with Crippen LogP contribution in [-0.4, -0.2) is 41.4 Å². The van der Waals surface area contributed by atoms with Crippen LogP contribution in [0.5, 0.6) is 0 Å². The van der Waals surface area contributed by atoms with Crippen molar-refractivity contribution >= 4 is 35.1 Å². The van der Waals surface area contributed by atoms with E-state index in [0.29, 0.717) is 11.6 Å². The van der Waals surface area contributed by atoms with Gasteiger partial charge in [0, 0.05) is 17.3 Å². The molecule has 1 aromatic carbocycles. The average Bonchev–Trinajstić information content (AvgIpc) is 3.40. The van der Waals surface area contributed by atoms with Crippen molar-refractivity contribution in [2.75, 3.05) is 18.0 Å². The number of carbonyl (C=O) groups excluding carboxylic acids is 3. The van der Waals surface area contributed by atoms with E-state index in [1.807, 2.05) is 19.1 Å². The second kappa shape index (κ2) is 5.98. The number of amides is 4. The van der Waals surface area contributed by atoms with Crippen molar-refractivity contribution in [3.63, 3.8) is 0 Å². The van der Waals surface area contributed by atoms with E-state index in [9.17, 15) is 14.4 Å². The van der Waals surface area contributed by atoms with E-state index in [0.717, 1.165) is 47.4 Å². The number of nitrogens with one attached hydrogen (secondary N) is 1. The van der Waals surface area contributed by atoms with Crippen molar-refractivity contribution in [1.82, 2.24) is 10.2 Å². The number of aryl methyl sites for hydroxylation is 2. The van der Waals surface area contributed by atoms with Crippen LogP contribution in [-0.2, 0) is 16.0 Å². The highest BCUT2D eigenvalue weighted by Gasteiger charge is 2.56. The molecule has 138 valence electrons. The van der Waals surface area contributed by atoms with Crippen molar-refractivity contribution in [2.24, 2.45) is 5.92 Å². The minimum Gasteiger partial charge on any atom is -0.323 e. The maximum absolute atomic E-state index is 13.0. The summed E-state index contributed by atoms with van der Waals surface area (Å²) >= 11 is 6.14. The van der Waals surface area contributed by atoms with Crippen molar-refractivity contribution < 1.29 is 14.4 Å². The van der Waals surface area contributed by atoms with Gasteiger partial charge >= 0.3 is 6.03 Å². The third kappa shape index (κ3) is 2.67. The molecule has 1 saturated carbocycles. The molecule has 1 N–H and O–H groups in total. The summed E-state index contributed by atoms with van der Waals surface area (Å²) in [4.78, 5) is 40.8. The number of nitrogens with zero attached hydrogens (tertiary/aromatic N) is 2. The number of rotatable bonds is 3. The lowest BCUT2D eigenvalue weighted by Gasteiger charge is -2.32. The molecule has 0 spiro atoms. The first kappa shape index (κ1) is 17.3. The molecule has 1 aromatic rings. The Bertz CT molecular complexity index is 820. The quantitative estimate of drug-likeness (QED) is 0.826. The highest BCUT2D eigenvalue weighted by atomic mass is 35.5. The maximum atomic E-state index is 13.0. The van der Waals surface area contributed by atoms with Crippen LogP contribution in [0, 0.1) is 12.8 Å². The fourth-order valence-electron chi connectivity index (χ4n) is 4.19. The maximum Gasteiger partial charge on any atom is 0.325 e. The molecule has 4 amide bonds. The van der Waals surface area contributed by atoms with Crippen molar-refractivity contribution in [3.05, 3.63) is 28.3 Å². The number of imide groups is 1. The van der Waals surface area contributed by atoms with E-state index in [-0.39, 0.29) is 24.3 Å². The first-order valence-corrected chi connectivity index (χ1v) is 9.42. The zero-order valence-electron chi connectivity index (χ0n) is 15.0. The molecule has 2 aliphatic heterocycles. The van der Waals surface area contributed by atoms with Crippen molar-refractivity contribution in [3.8, 4) is 0 Å². The number of carbonyl (C=O) groups is 3. The van der Waals surface area contributed by atoms with Crippen LogP contribution >= 0.6 is 11.6 Å². The van der Waals surface area contributed by atoms with Gasteiger partial charge in [0.05, 0.1) is 0 Å². The molecule has 26 heavy (non-hydrogen) atoms. The van der Waals surface area contributed by atoms with Crippen molar-refractivity contribution in [1.29, 1.82) is 0 Å². The molecule has 0 bridgehead atoms. The van der Waals surface area contributed by atoms with Crippen LogP contribution in [0.2, 0.25) is 5.02 Å². The number of hydrogen-bond donors (Lipinski definition) is 1. The first-order valence-electron chi connectivity index (χ1n) is 9.05. The predicted molar refractivity (Wildman–Crippen MR) is 98.2 cm³/mol. The summed E-state index contributed by atoms with van der Waals surface area (Å²) in [5.74, 6) is -0.345. The normalized spacial score (nSPS) is 25.3. The summed E-state index contributed by atoms with van der Waals surface area (Å²) in [5, 5.41) is 3.44. The zero-order valence-corrected chi connectivity index (χ0v) is 15.7. The molecule has 2 fully saturated rings. The number of benzene rings is 1. The summed E-state index contributed by atoms with van der Waals surface area (Å²) in [6.45, 7) is 4.04. The second-order valence-electron chi connectivity index (χ2n) is 7.68.